The minimum Gasteiger partial charge on any atom is -0.870 e. The summed E-state index contributed by atoms with van der Waals surface area (Å²) in [5, 5.41) is 10.0. The van der Waals surface area contributed by atoms with Gasteiger partial charge in [0.25, 0.3) is 0 Å². The number of aromatic carboxylic acids is 1. The predicted molar refractivity (Wildman–Crippen MR) is 165 cm³/mol. The Kier molecular flexibility index (Phi) is 25.4. The molecule has 0 bridgehead atoms. The minimum atomic E-state index is -0.901. The van der Waals surface area contributed by atoms with Gasteiger partial charge in [0.05, 0.1) is 30.9 Å². The summed E-state index contributed by atoms with van der Waals surface area (Å²) in [6, 6.07) is 10.3. The number of methoxy groups -OCH3 is 2. The summed E-state index contributed by atoms with van der Waals surface area (Å²) < 4.78 is 9.31. The molecule has 0 atom stereocenters. The number of benzene rings is 3. The number of carbonyl (C=O) groups excluding carboxylic acids is 2. The Morgan fingerprint density at radius 3 is 1.12 bits per heavy atom. The normalized spacial score (nSPS) is 9.21. The Morgan fingerprint density at radius 1 is 0.651 bits per heavy atom. The Morgan fingerprint density at radius 2 is 0.884 bits per heavy atom. The summed E-state index contributed by atoms with van der Waals surface area (Å²) in [5.41, 5.74) is 12.6. The largest absolute Gasteiger partial charge is 1.00 e. The number of esters is 2. The van der Waals surface area contributed by atoms with Crippen molar-refractivity contribution in [2.45, 2.75) is 41.5 Å². The molecular formula is C29H34Cl4CuKNO7. The van der Waals surface area contributed by atoms with E-state index in [1.807, 2.05) is 27.7 Å². The van der Waals surface area contributed by atoms with Crippen molar-refractivity contribution in [3.63, 3.8) is 0 Å². The van der Waals surface area contributed by atoms with Crippen LogP contribution in [0.15, 0.2) is 36.4 Å². The first kappa shape index (κ1) is 46.6. The number of rotatable bonds is 3. The van der Waals surface area contributed by atoms with E-state index in [0.29, 0.717) is 43.5 Å². The molecule has 0 aliphatic carbocycles. The van der Waals surface area contributed by atoms with Gasteiger partial charge in [0.15, 0.2) is 0 Å². The number of hydrogen-bond acceptors (Lipinski definition) is 7. The van der Waals surface area contributed by atoms with Crippen molar-refractivity contribution >= 4 is 67.0 Å². The van der Waals surface area contributed by atoms with E-state index in [0.717, 1.165) is 35.4 Å². The van der Waals surface area contributed by atoms with Crippen LogP contribution in [0, 0.1) is 41.5 Å². The van der Waals surface area contributed by atoms with Gasteiger partial charge in [0, 0.05) is 15.7 Å². The Hall–Kier alpha value is -0.854. The molecule has 8 nitrogen and oxygen atoms in total. The van der Waals surface area contributed by atoms with E-state index in [2.05, 4.69) is 29.7 Å². The van der Waals surface area contributed by atoms with Crippen molar-refractivity contribution in [3.8, 4) is 0 Å². The average molecular weight is 753 g/mol. The fourth-order valence-corrected chi connectivity index (χ4v) is 4.66. The third-order valence-corrected chi connectivity index (χ3v) is 5.98. The summed E-state index contributed by atoms with van der Waals surface area (Å²) in [7, 11) is 12.1. The average Bonchev–Trinajstić information content (AvgIpc) is 2.83. The van der Waals surface area contributed by atoms with Crippen molar-refractivity contribution in [1.29, 1.82) is 0 Å². The maximum Gasteiger partial charge on any atom is 1.00 e. The van der Waals surface area contributed by atoms with Crippen molar-refractivity contribution in [3.05, 3.63) is 96.5 Å². The second kappa shape index (κ2) is 23.5. The van der Waals surface area contributed by atoms with Gasteiger partial charge in [0.1, 0.15) is 0 Å². The zero-order chi connectivity index (χ0) is 32.0. The molecule has 237 valence electrons. The molecule has 0 aromatic heterocycles. The van der Waals surface area contributed by atoms with Crippen LogP contribution in [0.2, 0.25) is 10.0 Å². The number of nitrogen functional groups attached to an aromatic ring is 1. The third kappa shape index (κ3) is 15.8. The van der Waals surface area contributed by atoms with Gasteiger partial charge < -0.3 is 25.8 Å². The zero-order valence-electron chi connectivity index (χ0n) is 25.3. The molecule has 0 saturated carbocycles. The third-order valence-electron chi connectivity index (χ3n) is 5.54. The van der Waals surface area contributed by atoms with Gasteiger partial charge in [-0.25, -0.2) is 14.4 Å². The first-order chi connectivity index (χ1) is 19.0. The summed E-state index contributed by atoms with van der Waals surface area (Å²) in [4.78, 5) is 33.3. The second-order valence-electron chi connectivity index (χ2n) is 8.69. The summed E-state index contributed by atoms with van der Waals surface area (Å²) in [5.74, 6) is -1.52. The van der Waals surface area contributed by atoms with Crippen LogP contribution in [-0.2, 0) is 22.6 Å². The summed E-state index contributed by atoms with van der Waals surface area (Å²) in [6.45, 7) is 10.8. The van der Waals surface area contributed by atoms with Crippen LogP contribution in [0.25, 0.3) is 0 Å². The molecule has 0 spiro atoms. The Balaban J connectivity index is -0.000000522. The van der Waals surface area contributed by atoms with Gasteiger partial charge in [-0.2, -0.15) is 0 Å². The number of halogens is 4. The van der Waals surface area contributed by atoms with E-state index in [-0.39, 0.29) is 68.8 Å². The predicted octanol–water partition coefficient (Wildman–Crippen LogP) is 5.27. The van der Waals surface area contributed by atoms with E-state index in [1.54, 1.807) is 50.2 Å². The summed E-state index contributed by atoms with van der Waals surface area (Å²) in [6.07, 6.45) is 0. The van der Waals surface area contributed by atoms with Crippen molar-refractivity contribution < 1.29 is 99.0 Å². The molecule has 0 unspecified atom stereocenters. The number of anilines is 1. The van der Waals surface area contributed by atoms with Gasteiger partial charge in [-0.05, 0) is 111 Å². The van der Waals surface area contributed by atoms with Crippen LogP contribution >= 0.6 is 43.4 Å². The molecule has 0 radical (unpaired) electrons. The molecule has 4 N–H and O–H groups in total. The van der Waals surface area contributed by atoms with E-state index in [9.17, 15) is 14.4 Å². The molecule has 0 saturated heterocycles. The van der Waals surface area contributed by atoms with Crippen LogP contribution in [0.1, 0.15) is 64.5 Å². The van der Waals surface area contributed by atoms with Crippen LogP contribution in [0.3, 0.4) is 0 Å². The summed E-state index contributed by atoms with van der Waals surface area (Å²) >= 11 is 12.3. The van der Waals surface area contributed by atoms with Crippen molar-refractivity contribution in [2.75, 3.05) is 20.0 Å². The van der Waals surface area contributed by atoms with Crippen LogP contribution in [0.5, 0.6) is 0 Å². The molecule has 14 heteroatoms. The Labute approximate surface area is 320 Å². The smallest absolute Gasteiger partial charge is 0.870 e. The molecule has 0 aliphatic heterocycles. The van der Waals surface area contributed by atoms with Gasteiger partial charge >= 0.3 is 103 Å². The molecule has 3 aromatic rings. The maximum absolute atomic E-state index is 11.3. The first-order valence-corrected chi connectivity index (χ1v) is 15.0. The molecule has 0 fully saturated rings. The Bertz CT molecular complexity index is 1250. The van der Waals surface area contributed by atoms with Crippen LogP contribution in [0.4, 0.5) is 5.69 Å². The molecule has 0 aliphatic rings. The molecule has 43 heavy (non-hydrogen) atoms. The number of carbonyl (C=O) groups is 3. The standard InChI is InChI=1S/C10H11ClO2.C10H13NO2.C9H9ClO2.2ClH.Cu.K.H2O/c2*1-6-4-8(11)5-7(2)9(6)10(12)13-3;1-5-3-7(10)4-6(2)8(5)9(11)12;;;;;/h4-5H,1-3H3;4-5H,11H2,1-3H3;3-4H,1-2H3,(H,11,12);2*1H;;;1H2/q;;;;;+2;+1;/p-3. The molecule has 0 amide bonds. The maximum atomic E-state index is 11.3. The fraction of sp³-hybridized carbons (Fsp3) is 0.276. The SMILES string of the molecule is COC(=O)c1c(C)cc(Cl)cc1C.COC(=O)c1c(C)cc(N)cc1C.Cc1cc(Cl)cc(C)c1C(=O)O.[Cl][Cu][Cl].[K+].[OH-]. The van der Waals surface area contributed by atoms with Crippen LogP contribution < -0.4 is 57.1 Å². The van der Waals surface area contributed by atoms with E-state index in [4.69, 9.17) is 34.0 Å². The second-order valence-corrected chi connectivity index (χ2v) is 11.1. The van der Waals surface area contributed by atoms with E-state index < -0.39 is 5.97 Å². The zero-order valence-corrected chi connectivity index (χ0v) is 32.4. The quantitative estimate of drug-likeness (QED) is 0.209. The molecule has 3 aromatic carbocycles. The molecular weight excluding hydrogens is 719 g/mol. The molecule has 3 rings (SSSR count). The first-order valence-electron chi connectivity index (χ1n) is 11.7. The van der Waals surface area contributed by atoms with E-state index in [1.165, 1.54) is 14.2 Å². The minimum absolute atomic E-state index is 0. The van der Waals surface area contributed by atoms with Gasteiger partial charge in [-0.15, -0.1) is 0 Å². The van der Waals surface area contributed by atoms with E-state index >= 15 is 0 Å². The number of ether oxygens (including phenoxy) is 2. The number of aryl methyl sites for hydroxylation is 6. The number of carboxylic acids is 1. The van der Waals surface area contributed by atoms with Gasteiger partial charge in [0.2, 0.25) is 0 Å². The van der Waals surface area contributed by atoms with Gasteiger partial charge in [-0.1, -0.05) is 23.2 Å². The molecule has 0 heterocycles. The van der Waals surface area contributed by atoms with Crippen molar-refractivity contribution in [1.82, 2.24) is 0 Å². The fourth-order valence-electron chi connectivity index (χ4n) is 4.00. The number of carboxylic acid groups (broad SMARTS) is 1. The van der Waals surface area contributed by atoms with Gasteiger partial charge in [-0.3, -0.25) is 0 Å². The number of nitrogens with two attached hydrogens (primary N) is 1. The van der Waals surface area contributed by atoms with Crippen molar-refractivity contribution in [2.24, 2.45) is 0 Å². The monoisotopic (exact) mass is 750 g/mol. The number of hydrogen-bond donors (Lipinski definition) is 2. The topological polar surface area (TPSA) is 146 Å². The van der Waals surface area contributed by atoms with Crippen LogP contribution in [-0.4, -0.2) is 42.7 Å².